The minimum Gasteiger partial charge on any atom is -0.464 e. The highest BCUT2D eigenvalue weighted by Crippen LogP contribution is 2.21. The van der Waals surface area contributed by atoms with Crippen molar-refractivity contribution in [3.8, 4) is 11.1 Å². The SMILES string of the molecule is CC(N)(CN)C(=O)OCCCCCCCn1cc2cc(-c3cccc(F)c3)c(=O)oc2cc1=O. The molecule has 182 valence electrons. The molecule has 0 spiro atoms. The Morgan fingerprint density at radius 1 is 1.12 bits per heavy atom. The fourth-order valence-corrected chi connectivity index (χ4v) is 3.50. The van der Waals surface area contributed by atoms with Crippen LogP contribution >= 0.6 is 0 Å². The lowest BCUT2D eigenvalue weighted by Gasteiger charge is -2.19. The minimum absolute atomic E-state index is 0.0260. The zero-order chi connectivity index (χ0) is 24.7. The maximum atomic E-state index is 13.6. The number of nitrogens with two attached hydrogens (primary N) is 2. The number of aryl methyl sites for hydroxylation is 1. The number of carbonyl (C=O) groups excluding carboxylic acids is 1. The molecule has 9 heteroatoms. The number of unbranched alkanes of at least 4 members (excludes halogenated alkanes) is 4. The molecule has 1 aromatic carbocycles. The highest BCUT2D eigenvalue weighted by molar-refractivity contribution is 5.81. The Bertz CT molecular complexity index is 1270. The van der Waals surface area contributed by atoms with Crippen molar-refractivity contribution < 1.29 is 18.3 Å². The Kier molecular flexibility index (Phi) is 8.36. The number of aromatic nitrogens is 1. The topological polar surface area (TPSA) is 131 Å². The number of halogens is 1. The van der Waals surface area contributed by atoms with Crippen molar-refractivity contribution in [3.05, 3.63) is 69.2 Å². The molecule has 0 saturated heterocycles. The highest BCUT2D eigenvalue weighted by Gasteiger charge is 2.27. The van der Waals surface area contributed by atoms with E-state index >= 15 is 0 Å². The first-order valence-electron chi connectivity index (χ1n) is 11.3. The van der Waals surface area contributed by atoms with Gasteiger partial charge in [-0.3, -0.25) is 9.59 Å². The summed E-state index contributed by atoms with van der Waals surface area (Å²) >= 11 is 0. The summed E-state index contributed by atoms with van der Waals surface area (Å²) in [6, 6.07) is 8.63. The van der Waals surface area contributed by atoms with Crippen LogP contribution in [0.1, 0.15) is 39.0 Å². The van der Waals surface area contributed by atoms with Gasteiger partial charge in [0.15, 0.2) is 0 Å². The van der Waals surface area contributed by atoms with Gasteiger partial charge in [0.05, 0.1) is 12.2 Å². The number of fused-ring (bicyclic) bond motifs is 1. The summed E-state index contributed by atoms with van der Waals surface area (Å²) in [4.78, 5) is 36.5. The predicted molar refractivity (Wildman–Crippen MR) is 128 cm³/mol. The molecule has 8 nitrogen and oxygen atoms in total. The molecule has 0 aliphatic rings. The van der Waals surface area contributed by atoms with Crippen LogP contribution in [-0.4, -0.2) is 29.2 Å². The molecule has 0 radical (unpaired) electrons. The average Bonchev–Trinajstić information content (AvgIpc) is 2.80. The van der Waals surface area contributed by atoms with Crippen molar-refractivity contribution in [2.45, 2.75) is 51.1 Å². The molecule has 3 aromatic rings. The summed E-state index contributed by atoms with van der Waals surface area (Å²) in [6.45, 7) is 2.38. The van der Waals surface area contributed by atoms with E-state index in [0.717, 1.165) is 32.1 Å². The number of ether oxygens (including phenoxy) is 1. The van der Waals surface area contributed by atoms with Gasteiger partial charge < -0.3 is 25.2 Å². The minimum atomic E-state index is -1.16. The van der Waals surface area contributed by atoms with Crippen LogP contribution in [0.15, 0.2) is 56.6 Å². The number of carbonyl (C=O) groups is 1. The Morgan fingerprint density at radius 3 is 2.59 bits per heavy atom. The number of hydrogen-bond donors (Lipinski definition) is 2. The van der Waals surface area contributed by atoms with Gasteiger partial charge in [-0.05, 0) is 43.5 Å². The fourth-order valence-electron chi connectivity index (χ4n) is 3.50. The average molecular weight is 472 g/mol. The van der Waals surface area contributed by atoms with E-state index in [0.29, 0.717) is 24.1 Å². The van der Waals surface area contributed by atoms with Crippen LogP contribution in [0.25, 0.3) is 22.1 Å². The van der Waals surface area contributed by atoms with Gasteiger partial charge >= 0.3 is 11.6 Å². The molecule has 0 saturated carbocycles. The van der Waals surface area contributed by atoms with Gasteiger partial charge in [0.1, 0.15) is 16.9 Å². The molecule has 0 aliphatic heterocycles. The second kappa shape index (κ2) is 11.2. The normalized spacial score (nSPS) is 13.1. The molecule has 0 bridgehead atoms. The second-order valence-electron chi connectivity index (χ2n) is 8.61. The highest BCUT2D eigenvalue weighted by atomic mass is 19.1. The van der Waals surface area contributed by atoms with E-state index in [-0.39, 0.29) is 23.3 Å². The summed E-state index contributed by atoms with van der Waals surface area (Å²) in [5.74, 6) is -0.949. The van der Waals surface area contributed by atoms with Crippen LogP contribution in [0, 0.1) is 5.82 Å². The number of esters is 1. The van der Waals surface area contributed by atoms with Crippen LogP contribution in [0.4, 0.5) is 4.39 Å². The van der Waals surface area contributed by atoms with Gasteiger partial charge in [-0.2, -0.15) is 0 Å². The third-order valence-electron chi connectivity index (χ3n) is 5.64. The number of benzene rings is 1. The monoisotopic (exact) mass is 471 g/mol. The largest absolute Gasteiger partial charge is 0.464 e. The molecule has 1 unspecified atom stereocenters. The summed E-state index contributed by atoms with van der Waals surface area (Å²) in [7, 11) is 0. The van der Waals surface area contributed by atoms with Crippen LogP contribution in [0.3, 0.4) is 0 Å². The summed E-state index contributed by atoms with van der Waals surface area (Å²) < 4.78 is 25.6. The third kappa shape index (κ3) is 6.39. The third-order valence-corrected chi connectivity index (χ3v) is 5.64. The Morgan fingerprint density at radius 2 is 1.85 bits per heavy atom. The molecule has 0 aliphatic carbocycles. The zero-order valence-corrected chi connectivity index (χ0v) is 19.2. The molecule has 0 fully saturated rings. The first kappa shape index (κ1) is 25.3. The van der Waals surface area contributed by atoms with Crippen molar-refractivity contribution in [1.82, 2.24) is 4.57 Å². The van der Waals surface area contributed by atoms with Gasteiger partial charge in [-0.1, -0.05) is 31.4 Å². The van der Waals surface area contributed by atoms with E-state index in [4.69, 9.17) is 20.6 Å². The first-order valence-corrected chi connectivity index (χ1v) is 11.3. The predicted octanol–water partition coefficient (Wildman–Crippen LogP) is 2.93. The Labute approximate surface area is 196 Å². The van der Waals surface area contributed by atoms with Crippen molar-refractivity contribution in [2.75, 3.05) is 13.2 Å². The lowest BCUT2D eigenvalue weighted by molar-refractivity contribution is -0.149. The smallest absolute Gasteiger partial charge is 0.344 e. The zero-order valence-electron chi connectivity index (χ0n) is 19.2. The molecule has 34 heavy (non-hydrogen) atoms. The van der Waals surface area contributed by atoms with Crippen LogP contribution in [0.2, 0.25) is 0 Å². The van der Waals surface area contributed by atoms with Gasteiger partial charge in [0.25, 0.3) is 5.56 Å². The quantitative estimate of drug-likeness (QED) is 0.325. The van der Waals surface area contributed by atoms with Crippen molar-refractivity contribution in [3.63, 3.8) is 0 Å². The van der Waals surface area contributed by atoms with E-state index in [1.807, 2.05) is 0 Å². The molecular formula is C25H30FN3O5. The molecule has 1 atom stereocenters. The van der Waals surface area contributed by atoms with Gasteiger partial charge in [-0.15, -0.1) is 0 Å². The second-order valence-corrected chi connectivity index (χ2v) is 8.61. The van der Waals surface area contributed by atoms with Crippen molar-refractivity contribution in [1.29, 1.82) is 0 Å². The van der Waals surface area contributed by atoms with Gasteiger partial charge in [0.2, 0.25) is 0 Å². The fraction of sp³-hybridized carbons (Fsp3) is 0.400. The summed E-state index contributed by atoms with van der Waals surface area (Å²) in [5.41, 5.74) is 9.98. The van der Waals surface area contributed by atoms with Gasteiger partial charge in [0, 0.05) is 30.7 Å². The lowest BCUT2D eigenvalue weighted by atomic mass is 10.1. The molecule has 2 heterocycles. The summed E-state index contributed by atoms with van der Waals surface area (Å²) in [5, 5.41) is 0.588. The molecule has 2 aromatic heterocycles. The molecule has 0 amide bonds. The molecular weight excluding hydrogens is 441 g/mol. The number of nitrogens with zero attached hydrogens (tertiary/aromatic N) is 1. The first-order chi connectivity index (χ1) is 16.2. The van der Waals surface area contributed by atoms with Crippen LogP contribution in [0.5, 0.6) is 0 Å². The number of hydrogen-bond acceptors (Lipinski definition) is 7. The van der Waals surface area contributed by atoms with E-state index < -0.39 is 23.0 Å². The maximum absolute atomic E-state index is 13.6. The maximum Gasteiger partial charge on any atom is 0.344 e. The number of pyridine rings is 1. The Hall–Kier alpha value is -3.30. The van der Waals surface area contributed by atoms with Crippen molar-refractivity contribution in [2.24, 2.45) is 11.5 Å². The number of rotatable bonds is 11. The van der Waals surface area contributed by atoms with E-state index in [9.17, 15) is 18.8 Å². The lowest BCUT2D eigenvalue weighted by Crippen LogP contribution is -2.52. The van der Waals surface area contributed by atoms with E-state index in [2.05, 4.69) is 0 Å². The van der Waals surface area contributed by atoms with Crippen LogP contribution < -0.4 is 22.7 Å². The van der Waals surface area contributed by atoms with Gasteiger partial charge in [-0.25, -0.2) is 9.18 Å². The molecule has 3 rings (SSSR count). The standard InChI is InChI=1S/C25H30FN3O5/c1-25(28,16-27)24(32)33-11-6-4-2-3-5-10-29-15-18-13-20(17-8-7-9-19(26)12-17)23(31)34-21(18)14-22(29)30/h7-9,12-15H,2-6,10-11,16,27-28H2,1H3. The van der Waals surface area contributed by atoms with E-state index in [1.54, 1.807) is 29.8 Å². The summed E-state index contributed by atoms with van der Waals surface area (Å²) in [6.07, 6.45) is 5.87. The molecule has 4 N–H and O–H groups in total. The Balaban J connectivity index is 1.54. The van der Waals surface area contributed by atoms with Crippen molar-refractivity contribution >= 4 is 16.9 Å². The van der Waals surface area contributed by atoms with E-state index in [1.165, 1.54) is 24.3 Å². The van der Waals surface area contributed by atoms with Crippen LogP contribution in [-0.2, 0) is 16.1 Å².